The van der Waals surface area contributed by atoms with Crippen LogP contribution in [0.1, 0.15) is 10.4 Å². The number of hydrogen-bond acceptors (Lipinski definition) is 3. The van der Waals surface area contributed by atoms with E-state index in [1.165, 1.54) is 30.3 Å². The fourth-order valence-electron chi connectivity index (χ4n) is 2.04. The Bertz CT molecular complexity index is 848. The Hall–Kier alpha value is -2.89. The van der Waals surface area contributed by atoms with E-state index in [2.05, 4.69) is 9.97 Å². The molecule has 1 aromatic carbocycles. The number of carbonyl (C=O) groups is 1. The lowest BCUT2D eigenvalue weighted by molar-refractivity contribution is 0.0699. The van der Waals surface area contributed by atoms with Crippen LogP contribution in [0.2, 0.25) is 0 Å². The third-order valence-electron chi connectivity index (χ3n) is 2.99. The third kappa shape index (κ3) is 2.43. The van der Waals surface area contributed by atoms with Gasteiger partial charge < -0.3 is 5.11 Å². The van der Waals surface area contributed by atoms with Crippen LogP contribution in [0, 0.1) is 11.6 Å². The van der Waals surface area contributed by atoms with Gasteiger partial charge in [0, 0.05) is 11.5 Å². The Morgan fingerprint density at radius 3 is 2.43 bits per heavy atom. The fourth-order valence-corrected chi connectivity index (χ4v) is 2.04. The second-order valence-electron chi connectivity index (χ2n) is 4.38. The summed E-state index contributed by atoms with van der Waals surface area (Å²) in [5, 5.41) is 9.59. The molecule has 21 heavy (non-hydrogen) atoms. The van der Waals surface area contributed by atoms with Gasteiger partial charge >= 0.3 is 5.97 Å². The van der Waals surface area contributed by atoms with Crippen molar-refractivity contribution < 1.29 is 18.7 Å². The zero-order valence-electron chi connectivity index (χ0n) is 10.5. The number of aromatic nitrogens is 2. The van der Waals surface area contributed by atoms with Crippen molar-refractivity contribution in [1.82, 2.24) is 9.97 Å². The van der Waals surface area contributed by atoms with E-state index in [-0.39, 0.29) is 16.8 Å². The van der Waals surface area contributed by atoms with Gasteiger partial charge in [-0.3, -0.25) is 4.98 Å². The first-order valence-electron chi connectivity index (χ1n) is 6.00. The molecule has 0 atom stereocenters. The van der Waals surface area contributed by atoms with Gasteiger partial charge in [-0.2, -0.15) is 0 Å². The highest BCUT2D eigenvalue weighted by Crippen LogP contribution is 2.24. The summed E-state index contributed by atoms with van der Waals surface area (Å²) in [4.78, 5) is 19.4. The molecule has 0 saturated heterocycles. The minimum absolute atomic E-state index is 0.0128. The maximum atomic E-state index is 13.3. The number of carboxylic acid groups (broad SMARTS) is 1. The van der Waals surface area contributed by atoms with Gasteiger partial charge in [0.25, 0.3) is 0 Å². The van der Waals surface area contributed by atoms with E-state index in [0.717, 1.165) is 12.3 Å². The lowest BCUT2D eigenvalue weighted by atomic mass is 10.1. The molecule has 0 spiro atoms. The van der Waals surface area contributed by atoms with Crippen LogP contribution < -0.4 is 0 Å². The van der Waals surface area contributed by atoms with Gasteiger partial charge in [-0.1, -0.05) is 0 Å². The molecule has 3 rings (SSSR count). The molecule has 104 valence electrons. The first-order valence-corrected chi connectivity index (χ1v) is 6.00. The maximum absolute atomic E-state index is 13.3. The van der Waals surface area contributed by atoms with E-state index in [9.17, 15) is 18.7 Å². The molecule has 0 radical (unpaired) electrons. The largest absolute Gasteiger partial charge is 0.478 e. The lowest BCUT2D eigenvalue weighted by Gasteiger charge is -2.06. The summed E-state index contributed by atoms with van der Waals surface area (Å²) in [5.74, 6) is -2.18. The summed E-state index contributed by atoms with van der Waals surface area (Å²) < 4.78 is 26.2. The standard InChI is InChI=1S/C15H8F2N2O2/c16-8-1-3-10-11(15(20)21)6-14(19-13(10)5-8)12-4-2-9(17)7-18-12/h1-7H,(H,20,21). The number of nitrogens with zero attached hydrogens (tertiary/aromatic N) is 2. The van der Waals surface area contributed by atoms with Crippen molar-refractivity contribution in [1.29, 1.82) is 0 Å². The molecule has 0 amide bonds. The second kappa shape index (κ2) is 4.90. The molecule has 0 aliphatic heterocycles. The summed E-state index contributed by atoms with van der Waals surface area (Å²) >= 11 is 0. The SMILES string of the molecule is O=C(O)c1cc(-c2ccc(F)cn2)nc2cc(F)ccc12. The molecule has 2 aromatic heterocycles. The molecule has 0 fully saturated rings. The molecule has 4 nitrogen and oxygen atoms in total. The van der Waals surface area contributed by atoms with Gasteiger partial charge in [0.05, 0.1) is 28.7 Å². The number of pyridine rings is 2. The monoisotopic (exact) mass is 286 g/mol. The van der Waals surface area contributed by atoms with E-state index in [1.807, 2.05) is 0 Å². The molecule has 0 unspecified atom stereocenters. The Morgan fingerprint density at radius 2 is 1.76 bits per heavy atom. The summed E-state index contributed by atoms with van der Waals surface area (Å²) in [6, 6.07) is 7.60. The molecule has 2 heterocycles. The highest BCUT2D eigenvalue weighted by molar-refractivity contribution is 6.03. The van der Waals surface area contributed by atoms with E-state index in [4.69, 9.17) is 0 Å². The van der Waals surface area contributed by atoms with Gasteiger partial charge in [-0.25, -0.2) is 18.6 Å². The minimum atomic E-state index is -1.16. The zero-order valence-corrected chi connectivity index (χ0v) is 10.5. The van der Waals surface area contributed by atoms with Crippen molar-refractivity contribution in [3.05, 3.63) is 59.8 Å². The average molecular weight is 286 g/mol. The van der Waals surface area contributed by atoms with Crippen molar-refractivity contribution in [3.63, 3.8) is 0 Å². The van der Waals surface area contributed by atoms with Crippen LogP contribution in [0.15, 0.2) is 42.6 Å². The fraction of sp³-hybridized carbons (Fsp3) is 0. The van der Waals surface area contributed by atoms with Crippen LogP contribution in [0.3, 0.4) is 0 Å². The van der Waals surface area contributed by atoms with Crippen LogP contribution >= 0.6 is 0 Å². The molecular formula is C15H8F2N2O2. The molecule has 1 N–H and O–H groups in total. The van der Waals surface area contributed by atoms with Gasteiger partial charge in [0.15, 0.2) is 0 Å². The summed E-state index contributed by atoms with van der Waals surface area (Å²) in [5.41, 5.74) is 0.743. The van der Waals surface area contributed by atoms with E-state index < -0.39 is 17.6 Å². The van der Waals surface area contributed by atoms with Crippen molar-refractivity contribution in [2.24, 2.45) is 0 Å². The highest BCUT2D eigenvalue weighted by atomic mass is 19.1. The lowest BCUT2D eigenvalue weighted by Crippen LogP contribution is -2.01. The van der Waals surface area contributed by atoms with Crippen LogP contribution in [-0.2, 0) is 0 Å². The molecule has 3 aromatic rings. The van der Waals surface area contributed by atoms with Gasteiger partial charge in [-0.15, -0.1) is 0 Å². The molecule has 6 heteroatoms. The number of rotatable bonds is 2. The Balaban J connectivity index is 2.29. The first-order chi connectivity index (χ1) is 10.0. The number of fused-ring (bicyclic) bond motifs is 1. The van der Waals surface area contributed by atoms with Crippen LogP contribution in [0.25, 0.3) is 22.3 Å². The van der Waals surface area contributed by atoms with Crippen LogP contribution in [0.4, 0.5) is 8.78 Å². The van der Waals surface area contributed by atoms with Crippen LogP contribution in [0.5, 0.6) is 0 Å². The average Bonchev–Trinajstić information content (AvgIpc) is 2.46. The zero-order chi connectivity index (χ0) is 15.0. The van der Waals surface area contributed by atoms with Gasteiger partial charge in [0.2, 0.25) is 0 Å². The Kier molecular flexibility index (Phi) is 3.06. The van der Waals surface area contributed by atoms with Crippen molar-refractivity contribution in [2.45, 2.75) is 0 Å². The Labute approximate surface area is 117 Å². The van der Waals surface area contributed by atoms with E-state index in [1.54, 1.807) is 0 Å². The number of aromatic carboxylic acids is 1. The second-order valence-corrected chi connectivity index (χ2v) is 4.38. The van der Waals surface area contributed by atoms with Gasteiger partial charge in [0.1, 0.15) is 11.6 Å². The predicted molar refractivity (Wildman–Crippen MR) is 71.8 cm³/mol. The van der Waals surface area contributed by atoms with Crippen LogP contribution in [-0.4, -0.2) is 21.0 Å². The van der Waals surface area contributed by atoms with Crippen molar-refractivity contribution in [3.8, 4) is 11.4 Å². The van der Waals surface area contributed by atoms with E-state index >= 15 is 0 Å². The number of carboxylic acids is 1. The highest BCUT2D eigenvalue weighted by Gasteiger charge is 2.14. The minimum Gasteiger partial charge on any atom is -0.478 e. The normalized spacial score (nSPS) is 10.8. The number of benzene rings is 1. The number of hydrogen-bond donors (Lipinski definition) is 1. The molecule has 0 aliphatic carbocycles. The summed E-state index contributed by atoms with van der Waals surface area (Å²) in [6.07, 6.45) is 1.01. The predicted octanol–water partition coefficient (Wildman–Crippen LogP) is 3.27. The smallest absolute Gasteiger partial charge is 0.336 e. The van der Waals surface area contributed by atoms with E-state index in [0.29, 0.717) is 11.1 Å². The summed E-state index contributed by atoms with van der Waals surface area (Å²) in [6.45, 7) is 0. The molecular weight excluding hydrogens is 278 g/mol. The Morgan fingerprint density at radius 1 is 1.00 bits per heavy atom. The maximum Gasteiger partial charge on any atom is 0.336 e. The van der Waals surface area contributed by atoms with Gasteiger partial charge in [-0.05, 0) is 30.3 Å². The van der Waals surface area contributed by atoms with Crippen molar-refractivity contribution >= 4 is 16.9 Å². The topological polar surface area (TPSA) is 63.1 Å². The molecule has 0 aliphatic rings. The quantitative estimate of drug-likeness (QED) is 0.785. The molecule has 0 saturated carbocycles. The summed E-state index contributed by atoms with van der Waals surface area (Å²) in [7, 11) is 0. The third-order valence-corrected chi connectivity index (χ3v) is 2.99. The first kappa shape index (κ1) is 13.1. The van der Waals surface area contributed by atoms with Crippen molar-refractivity contribution in [2.75, 3.05) is 0 Å². The molecule has 0 bridgehead atoms. The number of halogens is 2.